The molecule has 6 heteroatoms. The summed E-state index contributed by atoms with van der Waals surface area (Å²) in [4.78, 5) is 11.8. The van der Waals surface area contributed by atoms with Gasteiger partial charge in [-0.05, 0) is 25.1 Å². The van der Waals surface area contributed by atoms with Crippen molar-refractivity contribution >= 4 is 11.6 Å². The van der Waals surface area contributed by atoms with Crippen LogP contribution in [0.2, 0.25) is 0 Å². The fourth-order valence-corrected chi connectivity index (χ4v) is 1.43. The number of rotatable bonds is 4. The molecule has 0 saturated heterocycles. The Kier molecular flexibility index (Phi) is 3.11. The third-order valence-corrected chi connectivity index (χ3v) is 2.23. The smallest absolute Gasteiger partial charge is 0.255 e. The Morgan fingerprint density at radius 3 is 3.25 bits per heavy atom. The molecule has 0 radical (unpaired) electrons. The van der Waals surface area contributed by atoms with Crippen molar-refractivity contribution in [1.82, 2.24) is 19.9 Å². The number of pyridine rings is 1. The van der Waals surface area contributed by atoms with E-state index >= 15 is 0 Å². The normalized spacial score (nSPS) is 10.6. The Balaban J connectivity index is 2.19. The number of hydrogen-bond donors (Lipinski definition) is 2. The van der Waals surface area contributed by atoms with Crippen molar-refractivity contribution in [2.45, 2.75) is 6.42 Å². The van der Waals surface area contributed by atoms with Crippen LogP contribution in [0.4, 0.5) is 0 Å². The van der Waals surface area contributed by atoms with Crippen molar-refractivity contribution in [2.24, 2.45) is 5.73 Å². The van der Waals surface area contributed by atoms with E-state index in [2.05, 4.69) is 15.5 Å². The zero-order valence-corrected chi connectivity index (χ0v) is 8.76. The maximum Gasteiger partial charge on any atom is 0.255 e. The molecule has 2 aromatic rings. The second kappa shape index (κ2) is 4.71. The Hall–Kier alpha value is -1.95. The van der Waals surface area contributed by atoms with E-state index in [-0.39, 0.29) is 5.91 Å². The molecule has 84 valence electrons. The van der Waals surface area contributed by atoms with E-state index in [9.17, 15) is 4.79 Å². The first-order chi connectivity index (χ1) is 7.83. The van der Waals surface area contributed by atoms with Gasteiger partial charge in [-0.3, -0.25) is 9.20 Å². The number of nitrogens with zero attached hydrogens (tertiary/aromatic N) is 3. The average molecular weight is 219 g/mol. The lowest BCUT2D eigenvalue weighted by Crippen LogP contribution is -2.26. The topological polar surface area (TPSA) is 85.3 Å². The maximum absolute atomic E-state index is 11.8. The number of amides is 1. The quantitative estimate of drug-likeness (QED) is 0.698. The van der Waals surface area contributed by atoms with Crippen molar-refractivity contribution < 1.29 is 4.79 Å². The van der Waals surface area contributed by atoms with Gasteiger partial charge in [0.1, 0.15) is 6.33 Å². The Morgan fingerprint density at radius 2 is 2.44 bits per heavy atom. The van der Waals surface area contributed by atoms with Gasteiger partial charge in [-0.2, -0.15) is 0 Å². The predicted molar refractivity (Wildman–Crippen MR) is 59.0 cm³/mol. The maximum atomic E-state index is 11.8. The van der Waals surface area contributed by atoms with Gasteiger partial charge in [-0.25, -0.2) is 0 Å². The number of nitrogens with one attached hydrogen (secondary N) is 1. The number of fused-ring (bicyclic) bond motifs is 1. The number of carbonyl (C=O) groups excluding carboxylic acids is 1. The predicted octanol–water partition coefficient (Wildman–Crippen LogP) is -0.192. The first-order valence-electron chi connectivity index (χ1n) is 5.09. The van der Waals surface area contributed by atoms with Crippen LogP contribution in [0.1, 0.15) is 16.8 Å². The van der Waals surface area contributed by atoms with Crippen molar-refractivity contribution in [3.05, 3.63) is 30.2 Å². The third kappa shape index (κ3) is 2.01. The highest BCUT2D eigenvalue weighted by Crippen LogP contribution is 2.06. The molecule has 3 N–H and O–H groups in total. The molecule has 0 saturated carbocycles. The fourth-order valence-electron chi connectivity index (χ4n) is 1.43. The van der Waals surface area contributed by atoms with E-state index in [1.54, 1.807) is 29.1 Å². The van der Waals surface area contributed by atoms with Crippen LogP contribution in [0.3, 0.4) is 0 Å². The summed E-state index contributed by atoms with van der Waals surface area (Å²) in [7, 11) is 0. The minimum Gasteiger partial charge on any atom is -0.352 e. The molecule has 0 aliphatic heterocycles. The number of nitrogens with two attached hydrogens (primary N) is 1. The van der Waals surface area contributed by atoms with Crippen LogP contribution in [0.5, 0.6) is 0 Å². The van der Waals surface area contributed by atoms with Crippen molar-refractivity contribution in [1.29, 1.82) is 0 Å². The largest absolute Gasteiger partial charge is 0.352 e. The average Bonchev–Trinajstić information content (AvgIpc) is 2.76. The van der Waals surface area contributed by atoms with Crippen LogP contribution in [-0.2, 0) is 0 Å². The summed E-state index contributed by atoms with van der Waals surface area (Å²) in [6.45, 7) is 1.14. The Bertz CT molecular complexity index is 493. The standard InChI is InChI=1S/C10H13N5O/c11-4-2-5-12-10(16)8-3-1-6-15-7-13-14-9(8)15/h1,3,6-7H,2,4-5,11H2,(H,12,16). The van der Waals surface area contributed by atoms with Crippen LogP contribution < -0.4 is 11.1 Å². The molecule has 0 unspecified atom stereocenters. The van der Waals surface area contributed by atoms with Crippen molar-refractivity contribution in [3.63, 3.8) is 0 Å². The van der Waals surface area contributed by atoms with Gasteiger partial charge in [-0.15, -0.1) is 10.2 Å². The summed E-state index contributed by atoms with van der Waals surface area (Å²) in [6, 6.07) is 3.51. The van der Waals surface area contributed by atoms with E-state index < -0.39 is 0 Å². The summed E-state index contributed by atoms with van der Waals surface area (Å²) >= 11 is 0. The van der Waals surface area contributed by atoms with Crippen LogP contribution in [-0.4, -0.2) is 33.6 Å². The molecule has 0 aromatic carbocycles. The monoisotopic (exact) mass is 219 g/mol. The zero-order valence-electron chi connectivity index (χ0n) is 8.76. The van der Waals surface area contributed by atoms with Crippen LogP contribution in [0, 0.1) is 0 Å². The van der Waals surface area contributed by atoms with Gasteiger partial charge in [-0.1, -0.05) is 0 Å². The molecule has 1 amide bonds. The minimum atomic E-state index is -0.146. The zero-order chi connectivity index (χ0) is 11.4. The highest BCUT2D eigenvalue weighted by atomic mass is 16.1. The first kappa shape index (κ1) is 10.6. The van der Waals surface area contributed by atoms with Crippen LogP contribution >= 0.6 is 0 Å². The number of aromatic nitrogens is 3. The highest BCUT2D eigenvalue weighted by molar-refractivity contribution is 5.99. The summed E-state index contributed by atoms with van der Waals surface area (Å²) in [5.74, 6) is -0.146. The molecule has 16 heavy (non-hydrogen) atoms. The van der Waals surface area contributed by atoms with E-state index in [1.807, 2.05) is 0 Å². The first-order valence-corrected chi connectivity index (χ1v) is 5.09. The van der Waals surface area contributed by atoms with Gasteiger partial charge in [0.15, 0.2) is 5.65 Å². The molecular formula is C10H13N5O. The lowest BCUT2D eigenvalue weighted by molar-refractivity contribution is 0.0954. The molecule has 0 bridgehead atoms. The third-order valence-electron chi connectivity index (χ3n) is 2.23. The highest BCUT2D eigenvalue weighted by Gasteiger charge is 2.10. The summed E-state index contributed by atoms with van der Waals surface area (Å²) in [6.07, 6.45) is 4.12. The fraction of sp³-hybridized carbons (Fsp3) is 0.300. The summed E-state index contributed by atoms with van der Waals surface area (Å²) < 4.78 is 1.71. The summed E-state index contributed by atoms with van der Waals surface area (Å²) in [5.41, 5.74) is 6.44. The van der Waals surface area contributed by atoms with Gasteiger partial charge >= 0.3 is 0 Å². The molecule has 0 aliphatic carbocycles. The molecule has 0 aliphatic rings. The summed E-state index contributed by atoms with van der Waals surface area (Å²) in [5, 5.41) is 10.4. The van der Waals surface area contributed by atoms with Gasteiger partial charge in [0.25, 0.3) is 5.91 Å². The molecule has 0 spiro atoms. The molecule has 2 heterocycles. The molecule has 2 aromatic heterocycles. The van der Waals surface area contributed by atoms with Gasteiger partial charge < -0.3 is 11.1 Å². The van der Waals surface area contributed by atoms with E-state index in [1.165, 1.54) is 0 Å². The molecule has 0 fully saturated rings. The number of carbonyl (C=O) groups is 1. The van der Waals surface area contributed by atoms with Crippen molar-refractivity contribution in [3.8, 4) is 0 Å². The Labute approximate surface area is 92.5 Å². The van der Waals surface area contributed by atoms with E-state index in [0.29, 0.717) is 24.3 Å². The van der Waals surface area contributed by atoms with Gasteiger partial charge in [0.05, 0.1) is 5.56 Å². The Morgan fingerprint density at radius 1 is 1.56 bits per heavy atom. The van der Waals surface area contributed by atoms with Crippen LogP contribution in [0.25, 0.3) is 5.65 Å². The second-order valence-corrected chi connectivity index (χ2v) is 3.38. The van der Waals surface area contributed by atoms with E-state index in [4.69, 9.17) is 5.73 Å². The molecule has 2 rings (SSSR count). The van der Waals surface area contributed by atoms with Gasteiger partial charge in [0, 0.05) is 12.7 Å². The van der Waals surface area contributed by atoms with Crippen LogP contribution in [0.15, 0.2) is 24.7 Å². The van der Waals surface area contributed by atoms with E-state index in [0.717, 1.165) is 6.42 Å². The lowest BCUT2D eigenvalue weighted by atomic mass is 10.2. The molecular weight excluding hydrogens is 206 g/mol. The molecule has 0 atom stereocenters. The minimum absolute atomic E-state index is 0.146. The molecule has 6 nitrogen and oxygen atoms in total. The lowest BCUT2D eigenvalue weighted by Gasteiger charge is -2.04. The van der Waals surface area contributed by atoms with Crippen molar-refractivity contribution in [2.75, 3.05) is 13.1 Å². The van der Waals surface area contributed by atoms with Gasteiger partial charge in [0.2, 0.25) is 0 Å². The number of hydrogen-bond acceptors (Lipinski definition) is 4. The second-order valence-electron chi connectivity index (χ2n) is 3.38. The SMILES string of the molecule is NCCCNC(=O)c1cccn2cnnc12.